The van der Waals surface area contributed by atoms with Crippen molar-refractivity contribution in [3.05, 3.63) is 78.9 Å². The predicted octanol–water partition coefficient (Wildman–Crippen LogP) is 5.27. The second kappa shape index (κ2) is 4.71. The molecule has 4 aromatic rings. The van der Waals surface area contributed by atoms with Crippen LogP contribution in [0.2, 0.25) is 0 Å². The van der Waals surface area contributed by atoms with Crippen molar-refractivity contribution in [2.75, 3.05) is 0 Å². The van der Waals surface area contributed by atoms with Gasteiger partial charge < -0.3 is 0 Å². The zero-order valence-electron chi connectivity index (χ0n) is 11.7. The molecule has 100 valence electrons. The number of aromatic nitrogens is 1. The summed E-state index contributed by atoms with van der Waals surface area (Å²) in [5.74, 6) is 0. The van der Waals surface area contributed by atoms with Crippen molar-refractivity contribution < 1.29 is 0 Å². The summed E-state index contributed by atoms with van der Waals surface area (Å²) >= 11 is 0. The average molecular weight is 269 g/mol. The smallest absolute Gasteiger partial charge is 0.0790 e. The molecule has 0 atom stereocenters. The molecule has 1 nitrogen and oxygen atoms in total. The average Bonchev–Trinajstić information content (AvgIpc) is 2.55. The molecule has 21 heavy (non-hydrogen) atoms. The molecule has 0 saturated carbocycles. The van der Waals surface area contributed by atoms with Gasteiger partial charge in [-0.3, -0.25) is 0 Å². The maximum atomic E-state index is 4.91. The van der Waals surface area contributed by atoms with Crippen LogP contribution in [0.25, 0.3) is 32.6 Å². The van der Waals surface area contributed by atoms with Gasteiger partial charge in [-0.2, -0.15) is 0 Å². The summed E-state index contributed by atoms with van der Waals surface area (Å²) in [5.41, 5.74) is 3.46. The van der Waals surface area contributed by atoms with E-state index >= 15 is 0 Å². The molecular formula is C20H15N. The van der Waals surface area contributed by atoms with Gasteiger partial charge in [0.2, 0.25) is 0 Å². The molecule has 0 aliphatic heterocycles. The molecule has 0 fully saturated rings. The zero-order valence-corrected chi connectivity index (χ0v) is 11.7. The summed E-state index contributed by atoms with van der Waals surface area (Å²) in [5, 5.41) is 4.90. The number of hydrogen-bond donors (Lipinski definition) is 0. The molecule has 0 N–H and O–H groups in total. The maximum Gasteiger partial charge on any atom is 0.0790 e. The number of nitrogens with zero attached hydrogens (tertiary/aromatic N) is 1. The molecule has 0 aliphatic rings. The van der Waals surface area contributed by atoms with Gasteiger partial charge in [-0.1, -0.05) is 60.7 Å². The van der Waals surface area contributed by atoms with E-state index in [2.05, 4.69) is 61.2 Å². The van der Waals surface area contributed by atoms with E-state index in [-0.39, 0.29) is 0 Å². The summed E-state index contributed by atoms with van der Waals surface area (Å²) in [7, 11) is 0. The van der Waals surface area contributed by atoms with Crippen LogP contribution < -0.4 is 0 Å². The van der Waals surface area contributed by atoms with Crippen LogP contribution >= 0.6 is 0 Å². The molecular weight excluding hydrogens is 254 g/mol. The van der Waals surface area contributed by atoms with Crippen molar-refractivity contribution in [1.82, 2.24) is 4.98 Å². The summed E-state index contributed by atoms with van der Waals surface area (Å²) < 4.78 is 0. The van der Waals surface area contributed by atoms with E-state index in [0.717, 1.165) is 17.5 Å². The first kappa shape index (κ1) is 12.1. The van der Waals surface area contributed by atoms with Crippen LogP contribution in [0, 0.1) is 0 Å². The van der Waals surface area contributed by atoms with Gasteiger partial charge in [0.1, 0.15) is 0 Å². The molecule has 1 heterocycles. The van der Waals surface area contributed by atoms with Crippen LogP contribution in [-0.4, -0.2) is 4.98 Å². The molecule has 0 amide bonds. The molecule has 0 spiro atoms. The molecule has 0 radical (unpaired) electrons. The van der Waals surface area contributed by atoms with Gasteiger partial charge in [-0.15, -0.1) is 6.58 Å². The number of fused-ring (bicyclic) bond motifs is 4. The first-order valence-electron chi connectivity index (χ1n) is 7.18. The summed E-state index contributed by atoms with van der Waals surface area (Å²) in [6.07, 6.45) is 2.83. The quantitative estimate of drug-likeness (QED) is 0.274. The Morgan fingerprint density at radius 1 is 0.810 bits per heavy atom. The third-order valence-electron chi connectivity index (χ3n) is 4.04. The summed E-state index contributed by atoms with van der Waals surface area (Å²) in [6.45, 7) is 3.91. The van der Waals surface area contributed by atoms with Gasteiger partial charge in [0.15, 0.2) is 0 Å². The van der Waals surface area contributed by atoms with E-state index in [0.29, 0.717) is 0 Å². The number of hydrogen-bond acceptors (Lipinski definition) is 1. The Labute approximate surface area is 123 Å². The Bertz CT molecular complexity index is 983. The number of benzene rings is 3. The molecule has 3 aromatic carbocycles. The topological polar surface area (TPSA) is 12.9 Å². The Kier molecular flexibility index (Phi) is 2.71. The molecule has 1 aromatic heterocycles. The molecule has 4 rings (SSSR count). The van der Waals surface area contributed by atoms with Crippen LogP contribution in [-0.2, 0) is 6.42 Å². The van der Waals surface area contributed by atoms with Crippen LogP contribution in [0.1, 0.15) is 5.56 Å². The summed E-state index contributed by atoms with van der Waals surface area (Å²) in [4.78, 5) is 4.91. The SMILES string of the molecule is C=CCc1c2ccccc2nc2c1ccc1ccccc12. The molecule has 0 aliphatic carbocycles. The van der Waals surface area contributed by atoms with Gasteiger partial charge >= 0.3 is 0 Å². The maximum absolute atomic E-state index is 4.91. The van der Waals surface area contributed by atoms with E-state index < -0.39 is 0 Å². The van der Waals surface area contributed by atoms with E-state index in [1.165, 1.54) is 27.1 Å². The highest BCUT2D eigenvalue weighted by molar-refractivity contribution is 6.10. The number of pyridine rings is 1. The van der Waals surface area contributed by atoms with Crippen molar-refractivity contribution in [2.24, 2.45) is 0 Å². The minimum atomic E-state index is 0.859. The van der Waals surface area contributed by atoms with Crippen LogP contribution in [0.4, 0.5) is 0 Å². The second-order valence-electron chi connectivity index (χ2n) is 5.28. The molecule has 0 saturated heterocycles. The third-order valence-corrected chi connectivity index (χ3v) is 4.04. The Hall–Kier alpha value is -2.67. The number of rotatable bonds is 2. The fourth-order valence-corrected chi connectivity index (χ4v) is 3.08. The van der Waals surface area contributed by atoms with Crippen molar-refractivity contribution in [1.29, 1.82) is 0 Å². The lowest BCUT2D eigenvalue weighted by Gasteiger charge is -2.11. The van der Waals surface area contributed by atoms with Crippen molar-refractivity contribution in [3.63, 3.8) is 0 Å². The van der Waals surface area contributed by atoms with E-state index in [9.17, 15) is 0 Å². The van der Waals surface area contributed by atoms with Crippen LogP contribution in [0.5, 0.6) is 0 Å². The van der Waals surface area contributed by atoms with Gasteiger partial charge in [-0.25, -0.2) is 4.98 Å². The first-order chi connectivity index (χ1) is 10.4. The highest BCUT2D eigenvalue weighted by Crippen LogP contribution is 2.31. The third kappa shape index (κ3) is 1.82. The van der Waals surface area contributed by atoms with Crippen molar-refractivity contribution in [2.45, 2.75) is 6.42 Å². The molecule has 0 unspecified atom stereocenters. The fraction of sp³-hybridized carbons (Fsp3) is 0.0500. The van der Waals surface area contributed by atoms with Crippen LogP contribution in [0.15, 0.2) is 73.3 Å². The van der Waals surface area contributed by atoms with Crippen LogP contribution in [0.3, 0.4) is 0 Å². The fourth-order valence-electron chi connectivity index (χ4n) is 3.08. The Morgan fingerprint density at radius 2 is 1.57 bits per heavy atom. The number of para-hydroxylation sites is 1. The van der Waals surface area contributed by atoms with Gasteiger partial charge in [0.05, 0.1) is 11.0 Å². The van der Waals surface area contributed by atoms with Crippen molar-refractivity contribution in [3.8, 4) is 0 Å². The lowest BCUT2D eigenvalue weighted by atomic mass is 9.97. The van der Waals surface area contributed by atoms with Crippen molar-refractivity contribution >= 4 is 32.6 Å². The lowest BCUT2D eigenvalue weighted by Crippen LogP contribution is -1.92. The zero-order chi connectivity index (χ0) is 14.2. The van der Waals surface area contributed by atoms with E-state index in [1.54, 1.807) is 0 Å². The van der Waals surface area contributed by atoms with E-state index in [1.807, 2.05) is 12.1 Å². The second-order valence-corrected chi connectivity index (χ2v) is 5.28. The Balaban J connectivity index is 2.27. The van der Waals surface area contributed by atoms with E-state index in [4.69, 9.17) is 4.98 Å². The minimum absolute atomic E-state index is 0.859. The standard InChI is InChI=1S/C20H15N/c1-2-7-16-17-10-5-6-11-19(17)21-20-15-9-4-3-8-14(15)12-13-18(16)20/h2-6,8-13H,1,7H2. The minimum Gasteiger partial charge on any atom is -0.247 e. The predicted molar refractivity (Wildman–Crippen MR) is 90.7 cm³/mol. The summed E-state index contributed by atoms with van der Waals surface area (Å²) in [6, 6.07) is 21.2. The Morgan fingerprint density at radius 3 is 2.43 bits per heavy atom. The van der Waals surface area contributed by atoms with Gasteiger partial charge in [0, 0.05) is 16.2 Å². The monoisotopic (exact) mass is 269 g/mol. The highest BCUT2D eigenvalue weighted by Gasteiger charge is 2.09. The normalized spacial score (nSPS) is 11.2. The van der Waals surface area contributed by atoms with Gasteiger partial charge in [-0.05, 0) is 23.4 Å². The molecule has 0 bridgehead atoms. The molecule has 1 heteroatoms. The largest absolute Gasteiger partial charge is 0.247 e. The number of allylic oxidation sites excluding steroid dienone is 1. The van der Waals surface area contributed by atoms with Gasteiger partial charge in [0.25, 0.3) is 0 Å². The first-order valence-corrected chi connectivity index (χ1v) is 7.18. The highest BCUT2D eigenvalue weighted by atomic mass is 14.7. The lowest BCUT2D eigenvalue weighted by molar-refractivity contribution is 1.32.